The van der Waals surface area contributed by atoms with Crippen LogP contribution >= 0.6 is 22.9 Å². The average Bonchev–Trinajstić information content (AvgIpc) is 3.04. The molecule has 1 N–H and O–H groups in total. The maximum absolute atomic E-state index is 12.5. The summed E-state index contributed by atoms with van der Waals surface area (Å²) in [5.74, 6) is -0.511. The van der Waals surface area contributed by atoms with Crippen LogP contribution in [-0.2, 0) is 16.1 Å². The number of nitrogens with zero attached hydrogens (tertiary/aromatic N) is 1. The molecule has 2 rings (SSSR count). The molecular weight excluding hydrogens is 384 g/mol. The molecule has 0 spiro atoms. The molecular formula is C20H25ClN2O3S. The fourth-order valence-corrected chi connectivity index (χ4v) is 4.15. The molecule has 1 heterocycles. The molecule has 0 radical (unpaired) electrons. The zero-order valence-electron chi connectivity index (χ0n) is 16.2. The van der Waals surface area contributed by atoms with Crippen LogP contribution in [0.1, 0.15) is 33.3 Å². The van der Waals surface area contributed by atoms with Crippen molar-refractivity contribution in [3.05, 3.63) is 40.2 Å². The average molecular weight is 409 g/mol. The molecule has 2 amide bonds. The second kappa shape index (κ2) is 9.24. The van der Waals surface area contributed by atoms with E-state index in [0.29, 0.717) is 10.1 Å². The van der Waals surface area contributed by atoms with Gasteiger partial charge in [0.25, 0.3) is 0 Å². The molecule has 1 aromatic carbocycles. The lowest BCUT2D eigenvalue weighted by Gasteiger charge is -2.30. The largest absolute Gasteiger partial charge is 0.496 e. The third kappa shape index (κ3) is 5.02. The molecule has 7 heteroatoms. The SMILES string of the molecule is COc1cccc(-c2ccc(Cl)s2)c1CNC(=O)C(=O)N(C(C)C)C(C)C. The van der Waals surface area contributed by atoms with Gasteiger partial charge in [-0.25, -0.2) is 0 Å². The highest BCUT2D eigenvalue weighted by molar-refractivity contribution is 7.19. The van der Waals surface area contributed by atoms with Gasteiger partial charge < -0.3 is 15.0 Å². The number of ether oxygens (including phenoxy) is 1. The third-order valence-electron chi connectivity index (χ3n) is 4.16. The number of rotatable bonds is 6. The molecule has 0 aliphatic heterocycles. The Morgan fingerprint density at radius 2 is 1.81 bits per heavy atom. The first-order valence-corrected chi connectivity index (χ1v) is 9.97. The smallest absolute Gasteiger partial charge is 0.312 e. The van der Waals surface area contributed by atoms with Crippen LogP contribution in [0.4, 0.5) is 0 Å². The molecule has 0 aliphatic carbocycles. The highest BCUT2D eigenvalue weighted by Gasteiger charge is 2.26. The Kier molecular flexibility index (Phi) is 7.27. The molecule has 0 unspecified atom stereocenters. The second-order valence-corrected chi connectivity index (χ2v) is 8.39. The highest BCUT2D eigenvalue weighted by atomic mass is 35.5. The van der Waals surface area contributed by atoms with E-state index in [1.54, 1.807) is 12.0 Å². The van der Waals surface area contributed by atoms with Crippen molar-refractivity contribution >= 4 is 34.8 Å². The van der Waals surface area contributed by atoms with Gasteiger partial charge in [-0.3, -0.25) is 9.59 Å². The minimum Gasteiger partial charge on any atom is -0.496 e. The number of hydrogen-bond acceptors (Lipinski definition) is 4. The van der Waals surface area contributed by atoms with Gasteiger partial charge in [0.05, 0.1) is 11.4 Å². The van der Waals surface area contributed by atoms with E-state index in [-0.39, 0.29) is 18.6 Å². The Hall–Kier alpha value is -2.05. The van der Waals surface area contributed by atoms with Gasteiger partial charge in [-0.05, 0) is 45.9 Å². The van der Waals surface area contributed by atoms with Crippen molar-refractivity contribution in [1.29, 1.82) is 0 Å². The van der Waals surface area contributed by atoms with E-state index >= 15 is 0 Å². The van der Waals surface area contributed by atoms with E-state index in [2.05, 4.69) is 5.32 Å². The molecule has 2 aromatic rings. The molecule has 0 atom stereocenters. The normalized spacial score (nSPS) is 11.0. The van der Waals surface area contributed by atoms with Crippen LogP contribution in [0.2, 0.25) is 4.34 Å². The van der Waals surface area contributed by atoms with E-state index in [4.69, 9.17) is 16.3 Å². The lowest BCUT2D eigenvalue weighted by atomic mass is 10.0. The van der Waals surface area contributed by atoms with Crippen LogP contribution in [0.25, 0.3) is 10.4 Å². The Morgan fingerprint density at radius 1 is 1.15 bits per heavy atom. The Balaban J connectivity index is 2.24. The number of carbonyl (C=O) groups is 2. The summed E-state index contributed by atoms with van der Waals surface area (Å²) < 4.78 is 6.14. The summed E-state index contributed by atoms with van der Waals surface area (Å²) in [6.45, 7) is 7.76. The van der Waals surface area contributed by atoms with Gasteiger partial charge in [0.15, 0.2) is 0 Å². The van der Waals surface area contributed by atoms with Gasteiger partial charge in [-0.15, -0.1) is 11.3 Å². The minimum atomic E-state index is -0.626. The van der Waals surface area contributed by atoms with Gasteiger partial charge in [0.1, 0.15) is 5.75 Å². The van der Waals surface area contributed by atoms with Crippen LogP contribution in [0.15, 0.2) is 30.3 Å². The summed E-state index contributed by atoms with van der Waals surface area (Å²) in [5, 5.41) is 2.74. The summed E-state index contributed by atoms with van der Waals surface area (Å²) in [6.07, 6.45) is 0. The summed E-state index contributed by atoms with van der Waals surface area (Å²) >= 11 is 7.52. The lowest BCUT2D eigenvalue weighted by Crippen LogP contribution is -2.49. The van der Waals surface area contributed by atoms with Crippen LogP contribution < -0.4 is 10.1 Å². The molecule has 0 saturated heterocycles. The lowest BCUT2D eigenvalue weighted by molar-refractivity contribution is -0.148. The Bertz CT molecular complexity index is 809. The standard InChI is InChI=1S/C20H25ClN2O3S/c1-12(2)23(13(3)4)20(25)19(24)22-11-15-14(7-6-8-16(15)26-5)17-9-10-18(21)27-17/h6-10,12-13H,11H2,1-5H3,(H,22,24). The molecule has 0 saturated carbocycles. The first-order valence-electron chi connectivity index (χ1n) is 8.78. The van der Waals surface area contributed by atoms with E-state index in [1.165, 1.54) is 11.3 Å². The van der Waals surface area contributed by atoms with Crippen LogP contribution in [0, 0.1) is 0 Å². The number of nitrogens with one attached hydrogen (secondary N) is 1. The number of amides is 2. The predicted molar refractivity (Wildman–Crippen MR) is 110 cm³/mol. The van der Waals surface area contributed by atoms with Crippen LogP contribution in [0.5, 0.6) is 5.75 Å². The number of carbonyl (C=O) groups excluding carboxylic acids is 2. The molecule has 1 aromatic heterocycles. The van der Waals surface area contributed by atoms with Crippen molar-refractivity contribution in [2.24, 2.45) is 0 Å². The third-order valence-corrected chi connectivity index (χ3v) is 5.42. The van der Waals surface area contributed by atoms with Gasteiger partial charge >= 0.3 is 11.8 Å². The van der Waals surface area contributed by atoms with Crippen LogP contribution in [-0.4, -0.2) is 35.9 Å². The molecule has 0 aliphatic rings. The number of halogens is 1. The second-order valence-electron chi connectivity index (χ2n) is 6.67. The fourth-order valence-electron chi connectivity index (χ4n) is 3.06. The van der Waals surface area contributed by atoms with Gasteiger partial charge in [0, 0.05) is 34.6 Å². The fraction of sp³-hybridized carbons (Fsp3) is 0.400. The first kappa shape index (κ1) is 21.3. The van der Waals surface area contributed by atoms with Crippen molar-refractivity contribution in [2.75, 3.05) is 7.11 Å². The van der Waals surface area contributed by atoms with E-state index < -0.39 is 11.8 Å². The van der Waals surface area contributed by atoms with Crippen LogP contribution in [0.3, 0.4) is 0 Å². The molecule has 0 bridgehead atoms. The number of methoxy groups -OCH3 is 1. The van der Waals surface area contributed by atoms with Crippen molar-refractivity contribution in [2.45, 2.75) is 46.3 Å². The number of thiophene rings is 1. The van der Waals surface area contributed by atoms with E-state index in [0.717, 1.165) is 16.0 Å². The molecule has 146 valence electrons. The van der Waals surface area contributed by atoms with Gasteiger partial charge in [-0.2, -0.15) is 0 Å². The molecule has 0 fully saturated rings. The Labute approximate surface area is 169 Å². The minimum absolute atomic E-state index is 0.0571. The Morgan fingerprint density at radius 3 is 2.33 bits per heavy atom. The summed E-state index contributed by atoms with van der Waals surface area (Å²) in [6, 6.07) is 9.31. The van der Waals surface area contributed by atoms with Crippen molar-refractivity contribution < 1.29 is 14.3 Å². The van der Waals surface area contributed by atoms with E-state index in [1.807, 2.05) is 58.0 Å². The maximum atomic E-state index is 12.5. The maximum Gasteiger partial charge on any atom is 0.312 e. The topological polar surface area (TPSA) is 58.6 Å². The highest BCUT2D eigenvalue weighted by Crippen LogP contribution is 2.36. The van der Waals surface area contributed by atoms with Crippen molar-refractivity contribution in [1.82, 2.24) is 10.2 Å². The summed E-state index contributed by atoms with van der Waals surface area (Å²) in [7, 11) is 1.58. The van der Waals surface area contributed by atoms with Gasteiger partial charge in [-0.1, -0.05) is 23.7 Å². The quantitative estimate of drug-likeness (QED) is 0.723. The zero-order valence-corrected chi connectivity index (χ0v) is 17.8. The predicted octanol–water partition coefficient (Wildman–Crippen LogP) is 4.34. The summed E-state index contributed by atoms with van der Waals surface area (Å²) in [4.78, 5) is 27.5. The van der Waals surface area contributed by atoms with E-state index in [9.17, 15) is 9.59 Å². The zero-order chi connectivity index (χ0) is 20.1. The van der Waals surface area contributed by atoms with Gasteiger partial charge in [0.2, 0.25) is 0 Å². The number of hydrogen-bond donors (Lipinski definition) is 1. The number of benzene rings is 1. The monoisotopic (exact) mass is 408 g/mol. The van der Waals surface area contributed by atoms with Crippen molar-refractivity contribution in [3.8, 4) is 16.2 Å². The molecule has 5 nitrogen and oxygen atoms in total. The first-order chi connectivity index (χ1) is 12.8. The molecule has 27 heavy (non-hydrogen) atoms. The van der Waals surface area contributed by atoms with Crippen molar-refractivity contribution in [3.63, 3.8) is 0 Å². The summed E-state index contributed by atoms with van der Waals surface area (Å²) in [5.41, 5.74) is 1.73.